The van der Waals surface area contributed by atoms with Gasteiger partial charge >= 0.3 is 0 Å². The van der Waals surface area contributed by atoms with Gasteiger partial charge in [0.05, 0.1) is 17.4 Å². The van der Waals surface area contributed by atoms with E-state index in [-0.39, 0.29) is 6.04 Å². The summed E-state index contributed by atoms with van der Waals surface area (Å²) in [6, 6.07) is 0.259. The van der Waals surface area contributed by atoms with Crippen molar-refractivity contribution < 1.29 is 5.21 Å². The van der Waals surface area contributed by atoms with Crippen LogP contribution in [0.5, 0.6) is 0 Å². The molecule has 1 aromatic rings. The average molecular weight is 233 g/mol. The highest BCUT2D eigenvalue weighted by molar-refractivity contribution is 5.93. The van der Waals surface area contributed by atoms with E-state index in [4.69, 9.17) is 0 Å². The fourth-order valence-corrected chi connectivity index (χ4v) is 3.63. The number of hydrogen-bond donors (Lipinski definition) is 1. The molecular formula is C13H19N3O. The van der Waals surface area contributed by atoms with Crippen molar-refractivity contribution in [1.29, 1.82) is 0 Å². The lowest BCUT2D eigenvalue weighted by molar-refractivity contribution is 0.306. The predicted octanol–water partition coefficient (Wildman–Crippen LogP) is 2.56. The minimum atomic E-state index is 0.259. The van der Waals surface area contributed by atoms with Crippen LogP contribution in [0.25, 0.3) is 0 Å². The molecule has 2 aliphatic rings. The maximum atomic E-state index is 9.24. The SMILES string of the molecule is CCc1nc(C)cn1C1C(=NO)C2CCC1C2. The van der Waals surface area contributed by atoms with Crippen molar-refractivity contribution >= 4 is 5.71 Å². The number of hydrogen-bond acceptors (Lipinski definition) is 3. The molecule has 4 nitrogen and oxygen atoms in total. The maximum absolute atomic E-state index is 9.24. The molecule has 0 amide bonds. The third kappa shape index (κ3) is 1.50. The Morgan fingerprint density at radius 3 is 3.06 bits per heavy atom. The molecule has 2 bridgehead atoms. The predicted molar refractivity (Wildman–Crippen MR) is 65.4 cm³/mol. The van der Waals surface area contributed by atoms with Crippen LogP contribution in [0.2, 0.25) is 0 Å². The van der Waals surface area contributed by atoms with Gasteiger partial charge in [0.1, 0.15) is 5.82 Å². The van der Waals surface area contributed by atoms with Crippen molar-refractivity contribution in [3.8, 4) is 0 Å². The molecule has 2 saturated carbocycles. The molecule has 2 fully saturated rings. The van der Waals surface area contributed by atoms with E-state index in [9.17, 15) is 5.21 Å². The smallest absolute Gasteiger partial charge is 0.109 e. The van der Waals surface area contributed by atoms with Crippen LogP contribution in [0.1, 0.15) is 43.7 Å². The fourth-order valence-electron chi connectivity index (χ4n) is 3.63. The van der Waals surface area contributed by atoms with Gasteiger partial charge in [-0.05, 0) is 32.1 Å². The second kappa shape index (κ2) is 3.86. The number of rotatable bonds is 2. The summed E-state index contributed by atoms with van der Waals surface area (Å²) in [5.74, 6) is 2.26. The van der Waals surface area contributed by atoms with Gasteiger partial charge < -0.3 is 9.77 Å². The van der Waals surface area contributed by atoms with Crippen molar-refractivity contribution in [3.05, 3.63) is 17.7 Å². The van der Waals surface area contributed by atoms with Gasteiger partial charge in [0.25, 0.3) is 0 Å². The van der Waals surface area contributed by atoms with Crippen LogP contribution in [0.3, 0.4) is 0 Å². The Morgan fingerprint density at radius 2 is 2.35 bits per heavy atom. The minimum Gasteiger partial charge on any atom is -0.411 e. The first-order valence-electron chi connectivity index (χ1n) is 6.50. The summed E-state index contributed by atoms with van der Waals surface area (Å²) in [6.45, 7) is 4.15. The number of nitrogens with zero attached hydrogens (tertiary/aromatic N) is 3. The molecule has 1 aromatic heterocycles. The van der Waals surface area contributed by atoms with Gasteiger partial charge in [-0.2, -0.15) is 0 Å². The third-order valence-electron chi connectivity index (χ3n) is 4.30. The van der Waals surface area contributed by atoms with E-state index in [1.165, 1.54) is 19.3 Å². The van der Waals surface area contributed by atoms with Crippen molar-refractivity contribution in [2.75, 3.05) is 0 Å². The van der Waals surface area contributed by atoms with E-state index in [1.54, 1.807) is 0 Å². The lowest BCUT2D eigenvalue weighted by atomic mass is 9.93. The maximum Gasteiger partial charge on any atom is 0.109 e. The first kappa shape index (κ1) is 10.8. The molecule has 3 atom stereocenters. The van der Waals surface area contributed by atoms with E-state index >= 15 is 0 Å². The molecule has 0 aliphatic heterocycles. The van der Waals surface area contributed by atoms with Crippen molar-refractivity contribution in [2.24, 2.45) is 17.0 Å². The Morgan fingerprint density at radius 1 is 1.53 bits per heavy atom. The monoisotopic (exact) mass is 233 g/mol. The molecule has 0 spiro atoms. The standard InChI is InChI=1S/C13H19N3O/c1-3-11-14-8(2)7-16(11)13-10-5-4-9(6-10)12(13)15-17/h7,9-10,13,17H,3-6H2,1-2H3. The summed E-state index contributed by atoms with van der Waals surface area (Å²) in [7, 11) is 0. The highest BCUT2D eigenvalue weighted by Crippen LogP contribution is 2.49. The summed E-state index contributed by atoms with van der Waals surface area (Å²) in [6.07, 6.45) is 6.67. The molecule has 0 radical (unpaired) electrons. The Bertz CT molecular complexity index is 463. The second-order valence-electron chi connectivity index (χ2n) is 5.30. The van der Waals surface area contributed by atoms with Gasteiger partial charge in [-0.15, -0.1) is 0 Å². The Labute approximate surface area is 101 Å². The highest BCUT2D eigenvalue weighted by atomic mass is 16.4. The first-order chi connectivity index (χ1) is 8.24. The van der Waals surface area contributed by atoms with Gasteiger partial charge in [0.2, 0.25) is 0 Å². The first-order valence-corrected chi connectivity index (χ1v) is 6.50. The number of aryl methyl sites for hydroxylation is 2. The molecule has 1 heterocycles. The lowest BCUT2D eigenvalue weighted by Gasteiger charge is -2.25. The van der Waals surface area contributed by atoms with Crippen LogP contribution in [0.15, 0.2) is 11.4 Å². The van der Waals surface area contributed by atoms with Gasteiger partial charge in [-0.3, -0.25) is 0 Å². The lowest BCUT2D eigenvalue weighted by Crippen LogP contribution is -2.26. The zero-order chi connectivity index (χ0) is 12.0. The van der Waals surface area contributed by atoms with Crippen LogP contribution in [-0.4, -0.2) is 20.5 Å². The molecule has 0 saturated heterocycles. The summed E-state index contributed by atoms with van der Waals surface area (Å²) in [4.78, 5) is 4.55. The molecule has 2 aliphatic carbocycles. The van der Waals surface area contributed by atoms with Crippen LogP contribution in [0.4, 0.5) is 0 Å². The van der Waals surface area contributed by atoms with Crippen LogP contribution in [0, 0.1) is 18.8 Å². The average Bonchev–Trinajstić information content (AvgIpc) is 3.00. The number of aromatic nitrogens is 2. The largest absolute Gasteiger partial charge is 0.411 e. The molecule has 4 heteroatoms. The van der Waals surface area contributed by atoms with Crippen molar-refractivity contribution in [3.63, 3.8) is 0 Å². The summed E-state index contributed by atoms with van der Waals surface area (Å²) in [5.41, 5.74) is 2.04. The molecule has 1 N–H and O–H groups in total. The summed E-state index contributed by atoms with van der Waals surface area (Å²) >= 11 is 0. The van der Waals surface area contributed by atoms with E-state index in [0.717, 1.165) is 23.7 Å². The quantitative estimate of drug-likeness (QED) is 0.630. The molecule has 92 valence electrons. The van der Waals surface area contributed by atoms with Crippen LogP contribution in [-0.2, 0) is 6.42 Å². The van der Waals surface area contributed by atoms with Crippen LogP contribution >= 0.6 is 0 Å². The molecule has 3 unspecified atom stereocenters. The van der Waals surface area contributed by atoms with Gasteiger partial charge in [0.15, 0.2) is 0 Å². The third-order valence-corrected chi connectivity index (χ3v) is 4.30. The van der Waals surface area contributed by atoms with E-state index in [0.29, 0.717) is 11.8 Å². The normalized spacial score (nSPS) is 33.8. The fraction of sp³-hybridized carbons (Fsp3) is 0.692. The Balaban J connectivity index is 2.03. The van der Waals surface area contributed by atoms with E-state index in [2.05, 4.69) is 27.8 Å². The molecule has 17 heavy (non-hydrogen) atoms. The second-order valence-corrected chi connectivity index (χ2v) is 5.30. The summed E-state index contributed by atoms with van der Waals surface area (Å²) < 4.78 is 2.24. The number of fused-ring (bicyclic) bond motifs is 2. The van der Waals surface area contributed by atoms with Gasteiger partial charge in [-0.25, -0.2) is 4.98 Å². The van der Waals surface area contributed by atoms with Crippen molar-refractivity contribution in [1.82, 2.24) is 9.55 Å². The molecule has 0 aromatic carbocycles. The zero-order valence-electron chi connectivity index (χ0n) is 10.4. The van der Waals surface area contributed by atoms with E-state index in [1.807, 2.05) is 6.92 Å². The zero-order valence-corrected chi connectivity index (χ0v) is 10.4. The van der Waals surface area contributed by atoms with Crippen LogP contribution < -0.4 is 0 Å². The highest BCUT2D eigenvalue weighted by Gasteiger charge is 2.46. The van der Waals surface area contributed by atoms with Gasteiger partial charge in [0, 0.05) is 18.5 Å². The Hall–Kier alpha value is -1.32. The molecule has 3 rings (SSSR count). The molecular weight excluding hydrogens is 214 g/mol. The minimum absolute atomic E-state index is 0.259. The van der Waals surface area contributed by atoms with Crippen molar-refractivity contribution in [2.45, 2.75) is 45.6 Å². The summed E-state index contributed by atoms with van der Waals surface area (Å²) in [5, 5.41) is 12.8. The van der Waals surface area contributed by atoms with Gasteiger partial charge in [-0.1, -0.05) is 12.1 Å². The topological polar surface area (TPSA) is 50.4 Å². The number of oxime groups is 1. The Kier molecular flexibility index (Phi) is 2.45. The number of imidazole rings is 1. The van der Waals surface area contributed by atoms with E-state index < -0.39 is 0 Å².